The minimum atomic E-state index is 0.0441. The fourth-order valence-corrected chi connectivity index (χ4v) is 4.11. The molecule has 0 atom stereocenters. The number of nitrogens with one attached hydrogen (secondary N) is 1. The molecule has 4 nitrogen and oxygen atoms in total. The molecule has 0 radical (unpaired) electrons. The normalized spacial score (nSPS) is 19.1. The molecule has 1 saturated carbocycles. The van der Waals surface area contributed by atoms with Crippen LogP contribution in [0, 0.1) is 11.8 Å². The van der Waals surface area contributed by atoms with E-state index in [-0.39, 0.29) is 17.7 Å². The molecule has 1 aromatic rings. The molecule has 1 saturated heterocycles. The Labute approximate surface area is 151 Å². The second-order valence-corrected chi connectivity index (χ2v) is 7.55. The van der Waals surface area contributed by atoms with Gasteiger partial charge in [0.1, 0.15) is 0 Å². The van der Waals surface area contributed by atoms with E-state index in [4.69, 9.17) is 0 Å². The first-order chi connectivity index (χ1) is 12.2. The zero-order valence-corrected chi connectivity index (χ0v) is 15.1. The van der Waals surface area contributed by atoms with E-state index in [1.807, 2.05) is 35.2 Å². The molecule has 0 aromatic heterocycles. The molecule has 1 N–H and O–H groups in total. The third kappa shape index (κ3) is 5.32. The molecule has 1 aromatic carbocycles. The molecule has 0 bridgehead atoms. The van der Waals surface area contributed by atoms with Gasteiger partial charge in [-0.25, -0.2) is 0 Å². The van der Waals surface area contributed by atoms with Crippen LogP contribution in [0.1, 0.15) is 56.9 Å². The van der Waals surface area contributed by atoms with Crippen molar-refractivity contribution in [3.05, 3.63) is 35.9 Å². The van der Waals surface area contributed by atoms with Gasteiger partial charge in [-0.15, -0.1) is 0 Å². The molecule has 4 heteroatoms. The fourth-order valence-electron chi connectivity index (χ4n) is 4.11. The van der Waals surface area contributed by atoms with Gasteiger partial charge in [-0.1, -0.05) is 56.0 Å². The van der Waals surface area contributed by atoms with Crippen molar-refractivity contribution >= 4 is 11.8 Å². The maximum Gasteiger partial charge on any atom is 0.223 e. The highest BCUT2D eigenvalue weighted by molar-refractivity contribution is 5.80. The van der Waals surface area contributed by atoms with E-state index < -0.39 is 0 Å². The maximum atomic E-state index is 12.4. The molecule has 0 unspecified atom stereocenters. The van der Waals surface area contributed by atoms with Gasteiger partial charge in [0.25, 0.3) is 0 Å². The van der Waals surface area contributed by atoms with Crippen molar-refractivity contribution < 1.29 is 9.59 Å². The summed E-state index contributed by atoms with van der Waals surface area (Å²) < 4.78 is 0. The van der Waals surface area contributed by atoms with Gasteiger partial charge in [-0.05, 0) is 30.7 Å². The van der Waals surface area contributed by atoms with Gasteiger partial charge in [0, 0.05) is 32.0 Å². The molecular formula is C21H30N2O2. The summed E-state index contributed by atoms with van der Waals surface area (Å²) in [5.41, 5.74) is 1.12. The minimum absolute atomic E-state index is 0.0441. The van der Waals surface area contributed by atoms with Crippen molar-refractivity contribution in [2.45, 2.75) is 57.9 Å². The summed E-state index contributed by atoms with van der Waals surface area (Å²) in [7, 11) is 0. The molecule has 1 aliphatic carbocycles. The summed E-state index contributed by atoms with van der Waals surface area (Å²) in [5, 5.41) is 3.03. The predicted molar refractivity (Wildman–Crippen MR) is 98.8 cm³/mol. The molecule has 2 fully saturated rings. The van der Waals surface area contributed by atoms with E-state index >= 15 is 0 Å². The van der Waals surface area contributed by atoms with Crippen molar-refractivity contribution in [3.63, 3.8) is 0 Å². The highest BCUT2D eigenvalue weighted by atomic mass is 16.2. The lowest BCUT2D eigenvalue weighted by atomic mass is 9.95. The predicted octanol–water partition coefficient (Wildman–Crippen LogP) is 3.51. The summed E-state index contributed by atoms with van der Waals surface area (Å²) >= 11 is 0. The highest BCUT2D eigenvalue weighted by Crippen LogP contribution is 2.29. The van der Waals surface area contributed by atoms with Crippen LogP contribution in [0.3, 0.4) is 0 Å². The molecule has 25 heavy (non-hydrogen) atoms. The number of benzene rings is 1. The lowest BCUT2D eigenvalue weighted by molar-refractivity contribution is -0.135. The quantitative estimate of drug-likeness (QED) is 0.860. The van der Waals surface area contributed by atoms with Gasteiger partial charge in [-0.3, -0.25) is 9.59 Å². The highest BCUT2D eigenvalue weighted by Gasteiger charge is 2.27. The molecule has 1 heterocycles. The van der Waals surface area contributed by atoms with Gasteiger partial charge >= 0.3 is 0 Å². The average molecular weight is 342 g/mol. The standard InChI is InChI=1S/C21H30N2O2/c24-20(11-10-17-6-4-5-7-17)23-14-12-19(13-15-23)21(25)22-16-18-8-2-1-3-9-18/h1-3,8-9,17,19H,4-7,10-16H2,(H,22,25). The monoisotopic (exact) mass is 342 g/mol. The van der Waals surface area contributed by atoms with Gasteiger partial charge in [0.2, 0.25) is 11.8 Å². The van der Waals surface area contributed by atoms with Gasteiger partial charge in [0.05, 0.1) is 0 Å². The Morgan fingerprint density at radius 2 is 1.68 bits per heavy atom. The summed E-state index contributed by atoms with van der Waals surface area (Å²) in [5.74, 6) is 1.23. The second kappa shape index (κ2) is 9.02. The number of rotatable bonds is 6. The van der Waals surface area contributed by atoms with Crippen molar-refractivity contribution in [1.82, 2.24) is 10.2 Å². The Hall–Kier alpha value is -1.84. The molecular weight excluding hydrogens is 312 g/mol. The van der Waals surface area contributed by atoms with Crippen LogP contribution in [0.5, 0.6) is 0 Å². The van der Waals surface area contributed by atoms with Crippen LogP contribution in [0.25, 0.3) is 0 Å². The fraction of sp³-hybridized carbons (Fsp3) is 0.619. The van der Waals surface area contributed by atoms with Crippen LogP contribution < -0.4 is 5.32 Å². The van der Waals surface area contributed by atoms with Crippen molar-refractivity contribution in [3.8, 4) is 0 Å². The Bertz CT molecular complexity index is 559. The summed E-state index contributed by atoms with van der Waals surface area (Å²) in [6, 6.07) is 9.98. The molecule has 136 valence electrons. The minimum Gasteiger partial charge on any atom is -0.352 e. The number of likely N-dealkylation sites (tertiary alicyclic amines) is 1. The van der Waals surface area contributed by atoms with Gasteiger partial charge in [-0.2, -0.15) is 0 Å². The first kappa shape index (κ1) is 18.0. The van der Waals surface area contributed by atoms with E-state index in [2.05, 4.69) is 5.32 Å². The number of hydrogen-bond acceptors (Lipinski definition) is 2. The zero-order valence-electron chi connectivity index (χ0n) is 15.1. The number of nitrogens with zero attached hydrogens (tertiary/aromatic N) is 1. The van der Waals surface area contributed by atoms with Crippen molar-refractivity contribution in [2.24, 2.45) is 11.8 Å². The Morgan fingerprint density at radius 3 is 2.36 bits per heavy atom. The largest absolute Gasteiger partial charge is 0.352 e. The Balaban J connectivity index is 1.35. The topological polar surface area (TPSA) is 49.4 Å². The first-order valence-corrected chi connectivity index (χ1v) is 9.82. The lowest BCUT2D eigenvalue weighted by Gasteiger charge is -2.31. The SMILES string of the molecule is O=C(NCc1ccccc1)C1CCN(C(=O)CCC2CCCC2)CC1. The van der Waals surface area contributed by atoms with Crippen LogP contribution in [0.4, 0.5) is 0 Å². The summed E-state index contributed by atoms with van der Waals surface area (Å²) in [4.78, 5) is 26.7. The molecule has 1 aliphatic heterocycles. The lowest BCUT2D eigenvalue weighted by Crippen LogP contribution is -2.42. The van der Waals surface area contributed by atoms with E-state index in [9.17, 15) is 9.59 Å². The Kier molecular flexibility index (Phi) is 6.48. The van der Waals surface area contributed by atoms with E-state index in [1.165, 1.54) is 25.7 Å². The Morgan fingerprint density at radius 1 is 1.00 bits per heavy atom. The van der Waals surface area contributed by atoms with Crippen LogP contribution in [0.2, 0.25) is 0 Å². The number of piperidine rings is 1. The smallest absolute Gasteiger partial charge is 0.223 e. The average Bonchev–Trinajstić information content (AvgIpc) is 3.19. The molecule has 3 rings (SSSR count). The number of amides is 2. The van der Waals surface area contributed by atoms with Gasteiger partial charge in [0.15, 0.2) is 0 Å². The van der Waals surface area contributed by atoms with Crippen LogP contribution >= 0.6 is 0 Å². The van der Waals surface area contributed by atoms with Crippen LogP contribution in [-0.2, 0) is 16.1 Å². The molecule has 2 aliphatic rings. The van der Waals surface area contributed by atoms with E-state index in [0.29, 0.717) is 13.0 Å². The first-order valence-electron chi connectivity index (χ1n) is 9.82. The third-order valence-electron chi connectivity index (χ3n) is 5.77. The van der Waals surface area contributed by atoms with Crippen LogP contribution in [0.15, 0.2) is 30.3 Å². The number of carbonyl (C=O) groups excluding carboxylic acids is 2. The number of hydrogen-bond donors (Lipinski definition) is 1. The molecule has 2 amide bonds. The van der Waals surface area contributed by atoms with E-state index in [0.717, 1.165) is 43.8 Å². The summed E-state index contributed by atoms with van der Waals surface area (Å²) in [6.07, 6.45) is 8.59. The third-order valence-corrected chi connectivity index (χ3v) is 5.77. The van der Waals surface area contributed by atoms with Gasteiger partial charge < -0.3 is 10.2 Å². The number of carbonyl (C=O) groups is 2. The van der Waals surface area contributed by atoms with E-state index in [1.54, 1.807) is 0 Å². The zero-order chi connectivity index (χ0) is 17.5. The van der Waals surface area contributed by atoms with Crippen LogP contribution in [-0.4, -0.2) is 29.8 Å². The van der Waals surface area contributed by atoms with Crippen molar-refractivity contribution in [2.75, 3.05) is 13.1 Å². The maximum absolute atomic E-state index is 12.4. The summed E-state index contributed by atoms with van der Waals surface area (Å²) in [6.45, 7) is 2.04. The second-order valence-electron chi connectivity index (χ2n) is 7.55. The molecule has 0 spiro atoms. The van der Waals surface area contributed by atoms with Crippen molar-refractivity contribution in [1.29, 1.82) is 0 Å².